The smallest absolute Gasteiger partial charge is 0.317 e. The quantitative estimate of drug-likeness (QED) is 0.888. The number of carbonyl (C=O) groups excluding carboxylic acids is 1. The lowest BCUT2D eigenvalue weighted by Gasteiger charge is -2.20. The number of aliphatic carboxylic acids is 1. The van der Waals surface area contributed by atoms with E-state index in [1.165, 1.54) is 4.90 Å². The number of aryl methyl sites for hydroxylation is 1. The molecule has 24 heavy (non-hydrogen) atoms. The summed E-state index contributed by atoms with van der Waals surface area (Å²) in [5.41, 5.74) is 0.837. The standard InChI is InChI=1S/C16H19ClN4O3/c1-16(14(22)23)5-6-21(9-16)15(24)18-8-13-19-11-7-10(17)3-4-12(11)20(13)2/h3-4,7H,5-6,8-9H2,1-2H3,(H,18,24)(H,22,23). The number of carboxylic acids is 1. The number of fused-ring (bicyclic) bond motifs is 1. The van der Waals surface area contributed by atoms with Gasteiger partial charge in [0.25, 0.3) is 0 Å². The summed E-state index contributed by atoms with van der Waals surface area (Å²) >= 11 is 5.97. The molecule has 0 radical (unpaired) electrons. The number of likely N-dealkylation sites (tertiary alicyclic amines) is 1. The maximum Gasteiger partial charge on any atom is 0.317 e. The molecule has 8 heteroatoms. The van der Waals surface area contributed by atoms with Crippen LogP contribution in [0.3, 0.4) is 0 Å². The van der Waals surface area contributed by atoms with Gasteiger partial charge in [0, 0.05) is 25.2 Å². The van der Waals surface area contributed by atoms with Gasteiger partial charge < -0.3 is 19.9 Å². The number of carbonyl (C=O) groups is 2. The van der Waals surface area contributed by atoms with Crippen molar-refractivity contribution in [1.82, 2.24) is 19.8 Å². The number of hydrogen-bond acceptors (Lipinski definition) is 3. The van der Waals surface area contributed by atoms with Gasteiger partial charge in [-0.3, -0.25) is 4.79 Å². The monoisotopic (exact) mass is 350 g/mol. The van der Waals surface area contributed by atoms with Gasteiger partial charge in [0.05, 0.1) is 23.0 Å². The third kappa shape index (κ3) is 2.91. The zero-order valence-corrected chi connectivity index (χ0v) is 14.3. The summed E-state index contributed by atoms with van der Waals surface area (Å²) in [4.78, 5) is 29.5. The molecule has 1 aliphatic heterocycles. The summed E-state index contributed by atoms with van der Waals surface area (Å²) in [6, 6.07) is 5.19. The van der Waals surface area contributed by atoms with E-state index in [0.717, 1.165) is 11.0 Å². The third-order valence-electron chi connectivity index (χ3n) is 4.61. The fraction of sp³-hybridized carbons (Fsp3) is 0.438. The predicted molar refractivity (Wildman–Crippen MR) is 89.9 cm³/mol. The lowest BCUT2D eigenvalue weighted by Crippen LogP contribution is -2.40. The van der Waals surface area contributed by atoms with Crippen molar-refractivity contribution in [3.63, 3.8) is 0 Å². The molecule has 3 rings (SSSR count). The Bertz CT molecular complexity index is 819. The van der Waals surface area contributed by atoms with Crippen molar-refractivity contribution in [2.45, 2.75) is 19.9 Å². The van der Waals surface area contributed by atoms with Gasteiger partial charge in [-0.15, -0.1) is 0 Å². The fourth-order valence-corrected chi connectivity index (χ4v) is 3.12. The van der Waals surface area contributed by atoms with Crippen LogP contribution in [0.25, 0.3) is 11.0 Å². The van der Waals surface area contributed by atoms with E-state index in [-0.39, 0.29) is 19.1 Å². The van der Waals surface area contributed by atoms with Gasteiger partial charge in [0.2, 0.25) is 0 Å². The van der Waals surface area contributed by atoms with Crippen LogP contribution in [0, 0.1) is 5.41 Å². The molecule has 2 aromatic rings. The molecule has 1 aromatic heterocycles. The molecule has 0 spiro atoms. The topological polar surface area (TPSA) is 87.5 Å². The Labute approximate surface area is 144 Å². The second-order valence-corrected chi connectivity index (χ2v) is 6.85. The van der Waals surface area contributed by atoms with Crippen LogP contribution in [0.2, 0.25) is 5.02 Å². The second kappa shape index (κ2) is 5.98. The SMILES string of the molecule is Cn1c(CNC(=O)N2CCC(C)(C(=O)O)C2)nc2cc(Cl)ccc21. The Balaban J connectivity index is 1.67. The van der Waals surface area contributed by atoms with Gasteiger partial charge >= 0.3 is 12.0 Å². The highest BCUT2D eigenvalue weighted by Crippen LogP contribution is 2.30. The van der Waals surface area contributed by atoms with Crippen LogP contribution >= 0.6 is 11.6 Å². The van der Waals surface area contributed by atoms with E-state index >= 15 is 0 Å². The predicted octanol–water partition coefficient (Wildman–Crippen LogP) is 2.23. The zero-order valence-electron chi connectivity index (χ0n) is 13.5. The summed E-state index contributed by atoms with van der Waals surface area (Å²) in [7, 11) is 1.88. The average molecular weight is 351 g/mol. The zero-order chi connectivity index (χ0) is 17.5. The van der Waals surface area contributed by atoms with Gasteiger partial charge in [0.1, 0.15) is 5.82 Å². The molecule has 1 atom stereocenters. The number of imidazole rings is 1. The largest absolute Gasteiger partial charge is 0.481 e. The minimum atomic E-state index is -0.870. The van der Waals surface area contributed by atoms with Crippen LogP contribution in [0.5, 0.6) is 0 Å². The molecule has 128 valence electrons. The maximum atomic E-state index is 12.3. The third-order valence-corrected chi connectivity index (χ3v) is 4.85. The number of halogens is 1. The highest BCUT2D eigenvalue weighted by Gasteiger charge is 2.42. The molecule has 1 fully saturated rings. The van der Waals surface area contributed by atoms with E-state index in [4.69, 9.17) is 11.6 Å². The minimum absolute atomic E-state index is 0.215. The van der Waals surface area contributed by atoms with E-state index in [0.29, 0.717) is 23.8 Å². The first-order chi connectivity index (χ1) is 11.3. The number of aromatic nitrogens is 2. The number of amides is 2. The molecular weight excluding hydrogens is 332 g/mol. The molecule has 0 bridgehead atoms. The number of benzene rings is 1. The molecule has 0 aliphatic carbocycles. The first-order valence-electron chi connectivity index (χ1n) is 7.67. The average Bonchev–Trinajstić information content (AvgIpc) is 3.07. The Kier molecular flexibility index (Phi) is 4.13. The molecule has 2 heterocycles. The molecular formula is C16H19ClN4O3. The molecule has 0 saturated carbocycles. The normalized spacial score (nSPS) is 20.5. The number of nitrogens with zero attached hydrogens (tertiary/aromatic N) is 3. The maximum absolute atomic E-state index is 12.3. The van der Waals surface area contributed by atoms with E-state index in [1.807, 2.05) is 17.7 Å². The molecule has 2 N–H and O–H groups in total. The lowest BCUT2D eigenvalue weighted by atomic mass is 9.90. The Morgan fingerprint density at radius 1 is 1.46 bits per heavy atom. The minimum Gasteiger partial charge on any atom is -0.481 e. The molecule has 1 unspecified atom stereocenters. The van der Waals surface area contributed by atoms with Crippen LogP contribution in [0.4, 0.5) is 4.79 Å². The summed E-state index contributed by atoms with van der Waals surface area (Å²) in [6.07, 6.45) is 0.459. The van der Waals surface area contributed by atoms with Crippen molar-refractivity contribution in [3.8, 4) is 0 Å². The summed E-state index contributed by atoms with van der Waals surface area (Å²) < 4.78 is 1.90. The Morgan fingerprint density at radius 2 is 2.21 bits per heavy atom. The van der Waals surface area contributed by atoms with Gasteiger partial charge in [-0.2, -0.15) is 0 Å². The molecule has 2 amide bonds. The summed E-state index contributed by atoms with van der Waals surface area (Å²) in [5, 5.41) is 12.7. The van der Waals surface area contributed by atoms with Crippen molar-refractivity contribution in [1.29, 1.82) is 0 Å². The number of urea groups is 1. The van der Waals surface area contributed by atoms with E-state index in [9.17, 15) is 14.7 Å². The first kappa shape index (κ1) is 16.6. The molecule has 1 saturated heterocycles. The van der Waals surface area contributed by atoms with Crippen molar-refractivity contribution < 1.29 is 14.7 Å². The van der Waals surface area contributed by atoms with Gasteiger partial charge in [0.15, 0.2) is 0 Å². The van der Waals surface area contributed by atoms with Crippen molar-refractivity contribution in [3.05, 3.63) is 29.0 Å². The summed E-state index contributed by atoms with van der Waals surface area (Å²) in [5.74, 6) is -0.161. The van der Waals surface area contributed by atoms with Crippen LogP contribution in [-0.2, 0) is 18.4 Å². The Hall–Kier alpha value is -2.28. The van der Waals surface area contributed by atoms with Crippen LogP contribution in [0.1, 0.15) is 19.2 Å². The fourth-order valence-electron chi connectivity index (χ4n) is 2.96. The van der Waals surface area contributed by atoms with Gasteiger partial charge in [-0.05, 0) is 31.5 Å². The van der Waals surface area contributed by atoms with Crippen molar-refractivity contribution >= 4 is 34.6 Å². The molecule has 1 aromatic carbocycles. The van der Waals surface area contributed by atoms with Crippen molar-refractivity contribution in [2.75, 3.05) is 13.1 Å². The second-order valence-electron chi connectivity index (χ2n) is 6.42. The first-order valence-corrected chi connectivity index (χ1v) is 8.05. The van der Waals surface area contributed by atoms with E-state index < -0.39 is 11.4 Å². The Morgan fingerprint density at radius 3 is 2.88 bits per heavy atom. The molecule has 7 nitrogen and oxygen atoms in total. The van der Waals surface area contributed by atoms with Crippen LogP contribution in [0.15, 0.2) is 18.2 Å². The van der Waals surface area contributed by atoms with Crippen LogP contribution < -0.4 is 5.32 Å². The van der Waals surface area contributed by atoms with Crippen LogP contribution in [-0.4, -0.2) is 44.6 Å². The van der Waals surface area contributed by atoms with Crippen molar-refractivity contribution in [2.24, 2.45) is 12.5 Å². The van der Waals surface area contributed by atoms with E-state index in [2.05, 4.69) is 10.3 Å². The number of rotatable bonds is 3. The van der Waals surface area contributed by atoms with Gasteiger partial charge in [-0.1, -0.05) is 11.6 Å². The number of carboxylic acid groups (broad SMARTS) is 1. The summed E-state index contributed by atoms with van der Waals surface area (Å²) in [6.45, 7) is 2.58. The van der Waals surface area contributed by atoms with Gasteiger partial charge in [-0.25, -0.2) is 9.78 Å². The highest BCUT2D eigenvalue weighted by molar-refractivity contribution is 6.31. The lowest BCUT2D eigenvalue weighted by molar-refractivity contribution is -0.147. The number of nitrogens with one attached hydrogen (secondary N) is 1. The van der Waals surface area contributed by atoms with E-state index in [1.54, 1.807) is 19.1 Å². The molecule has 1 aliphatic rings. The highest BCUT2D eigenvalue weighted by atomic mass is 35.5. The number of hydrogen-bond donors (Lipinski definition) is 2.